The summed E-state index contributed by atoms with van der Waals surface area (Å²) in [6, 6.07) is 16.4. The van der Waals surface area contributed by atoms with Crippen LogP contribution in [0.1, 0.15) is 24.0 Å². The molecule has 1 aliphatic carbocycles. The minimum atomic E-state index is -0.952. The monoisotopic (exact) mass is 464 g/mol. The highest BCUT2D eigenvalue weighted by molar-refractivity contribution is 14.1. The first-order valence-corrected chi connectivity index (χ1v) is 9.62. The molecule has 2 aromatic carbocycles. The minimum Gasteiger partial charge on any atom is -0.394 e. The van der Waals surface area contributed by atoms with Crippen LogP contribution in [0.4, 0.5) is 0 Å². The van der Waals surface area contributed by atoms with Crippen molar-refractivity contribution in [1.82, 2.24) is 10.6 Å². The van der Waals surface area contributed by atoms with E-state index in [1.807, 2.05) is 54.6 Å². The molecule has 0 spiro atoms. The first-order chi connectivity index (χ1) is 12.5. The molecular weight excluding hydrogens is 443 g/mol. The Balaban J connectivity index is 1.60. The molecule has 0 heterocycles. The maximum absolute atomic E-state index is 12.7. The summed E-state index contributed by atoms with van der Waals surface area (Å²) >= 11 is 2.21. The number of amides is 2. The van der Waals surface area contributed by atoms with Gasteiger partial charge in [-0.1, -0.05) is 42.5 Å². The fourth-order valence-corrected chi connectivity index (χ4v) is 3.59. The van der Waals surface area contributed by atoms with Crippen LogP contribution < -0.4 is 10.6 Å². The number of hydrogen-bond acceptors (Lipinski definition) is 3. The van der Waals surface area contributed by atoms with Crippen LogP contribution in [0, 0.1) is 3.57 Å². The van der Waals surface area contributed by atoms with Gasteiger partial charge in [0, 0.05) is 10.1 Å². The third kappa shape index (κ3) is 4.24. The Morgan fingerprint density at radius 1 is 1.12 bits per heavy atom. The van der Waals surface area contributed by atoms with Crippen LogP contribution in [-0.4, -0.2) is 29.6 Å². The van der Waals surface area contributed by atoms with Gasteiger partial charge in [-0.05, 0) is 58.7 Å². The number of nitrogens with one attached hydrogen (secondary N) is 2. The van der Waals surface area contributed by atoms with E-state index in [9.17, 15) is 14.7 Å². The molecule has 3 N–H and O–H groups in total. The average molecular weight is 464 g/mol. The van der Waals surface area contributed by atoms with Crippen molar-refractivity contribution in [3.8, 4) is 0 Å². The molecule has 3 rings (SSSR count). The summed E-state index contributed by atoms with van der Waals surface area (Å²) in [5.41, 5.74) is 1.36. The molecule has 5 nitrogen and oxygen atoms in total. The van der Waals surface area contributed by atoms with Gasteiger partial charge in [-0.25, -0.2) is 0 Å². The molecule has 1 aliphatic rings. The zero-order valence-electron chi connectivity index (χ0n) is 14.2. The van der Waals surface area contributed by atoms with E-state index >= 15 is 0 Å². The third-order valence-electron chi connectivity index (χ3n) is 4.67. The Morgan fingerprint density at radius 3 is 2.46 bits per heavy atom. The Bertz CT molecular complexity index is 791. The Morgan fingerprint density at radius 2 is 1.85 bits per heavy atom. The van der Waals surface area contributed by atoms with Crippen molar-refractivity contribution >= 4 is 34.4 Å². The van der Waals surface area contributed by atoms with Crippen LogP contribution in [0.25, 0.3) is 0 Å². The van der Waals surface area contributed by atoms with E-state index in [2.05, 4.69) is 33.2 Å². The van der Waals surface area contributed by atoms with Gasteiger partial charge in [0.1, 0.15) is 6.04 Å². The standard InChI is InChI=1S/C20H21IN2O3/c21-16-8-4-5-14(11-16)12-22-18(25)17(13-24)23-19(26)20(9-10-20)15-6-2-1-3-7-15/h1-8,11,17,24H,9-10,12-13H2,(H,22,25)(H,23,26). The predicted octanol–water partition coefficient (Wildman–Crippen LogP) is 2.12. The van der Waals surface area contributed by atoms with Gasteiger partial charge in [-0.15, -0.1) is 0 Å². The van der Waals surface area contributed by atoms with E-state index in [-0.39, 0.29) is 11.8 Å². The number of aliphatic hydroxyl groups excluding tert-OH is 1. The number of halogens is 1. The second-order valence-electron chi connectivity index (χ2n) is 6.50. The fourth-order valence-electron chi connectivity index (χ4n) is 2.98. The molecule has 0 saturated heterocycles. The van der Waals surface area contributed by atoms with Gasteiger partial charge < -0.3 is 15.7 Å². The first kappa shape index (κ1) is 18.8. The third-order valence-corrected chi connectivity index (χ3v) is 5.34. The van der Waals surface area contributed by atoms with E-state index in [0.717, 1.165) is 27.5 Å². The molecule has 0 radical (unpaired) electrons. The fraction of sp³-hybridized carbons (Fsp3) is 0.300. The Hall–Kier alpha value is -1.93. The lowest BCUT2D eigenvalue weighted by Crippen LogP contribution is -2.51. The van der Waals surface area contributed by atoms with Gasteiger partial charge in [-0.3, -0.25) is 9.59 Å². The number of aliphatic hydroxyl groups is 1. The van der Waals surface area contributed by atoms with E-state index in [1.165, 1.54) is 0 Å². The van der Waals surface area contributed by atoms with Gasteiger partial charge >= 0.3 is 0 Å². The molecule has 2 aromatic rings. The predicted molar refractivity (Wildman–Crippen MR) is 107 cm³/mol. The number of carbonyl (C=O) groups is 2. The molecule has 26 heavy (non-hydrogen) atoms. The molecule has 1 unspecified atom stereocenters. The zero-order valence-corrected chi connectivity index (χ0v) is 16.4. The lowest BCUT2D eigenvalue weighted by Gasteiger charge is -2.21. The summed E-state index contributed by atoms with van der Waals surface area (Å²) in [6.07, 6.45) is 1.51. The quantitative estimate of drug-likeness (QED) is 0.550. The van der Waals surface area contributed by atoms with Gasteiger partial charge in [0.2, 0.25) is 11.8 Å². The Labute approximate surface area is 166 Å². The van der Waals surface area contributed by atoms with Gasteiger partial charge in [-0.2, -0.15) is 0 Å². The normalized spacial score (nSPS) is 15.8. The second kappa shape index (κ2) is 8.18. The highest BCUT2D eigenvalue weighted by atomic mass is 127. The molecule has 2 amide bonds. The summed E-state index contributed by atoms with van der Waals surface area (Å²) in [7, 11) is 0. The zero-order chi connectivity index (χ0) is 18.6. The van der Waals surface area contributed by atoms with Crippen LogP contribution in [-0.2, 0) is 21.5 Å². The van der Waals surface area contributed by atoms with Gasteiger partial charge in [0.25, 0.3) is 0 Å². The topological polar surface area (TPSA) is 78.4 Å². The molecule has 136 valence electrons. The number of hydrogen-bond donors (Lipinski definition) is 3. The van der Waals surface area contributed by atoms with Crippen molar-refractivity contribution < 1.29 is 14.7 Å². The van der Waals surface area contributed by atoms with Crippen molar-refractivity contribution in [2.75, 3.05) is 6.61 Å². The molecule has 0 aliphatic heterocycles. The maximum atomic E-state index is 12.7. The van der Waals surface area contributed by atoms with Gasteiger partial charge in [0.05, 0.1) is 12.0 Å². The smallest absolute Gasteiger partial charge is 0.245 e. The summed E-state index contributed by atoms with van der Waals surface area (Å²) in [6.45, 7) is -0.0827. The summed E-state index contributed by atoms with van der Waals surface area (Å²) in [5, 5.41) is 15.1. The molecule has 1 atom stereocenters. The highest BCUT2D eigenvalue weighted by Crippen LogP contribution is 2.48. The molecule has 0 aromatic heterocycles. The van der Waals surface area contributed by atoms with Crippen LogP contribution in [0.3, 0.4) is 0 Å². The van der Waals surface area contributed by atoms with Crippen LogP contribution in [0.5, 0.6) is 0 Å². The van der Waals surface area contributed by atoms with E-state index in [4.69, 9.17) is 0 Å². The minimum absolute atomic E-state index is 0.202. The number of benzene rings is 2. The molecule has 1 saturated carbocycles. The summed E-state index contributed by atoms with van der Waals surface area (Å²) in [5.74, 6) is -0.587. The van der Waals surface area contributed by atoms with Crippen molar-refractivity contribution in [2.45, 2.75) is 30.8 Å². The second-order valence-corrected chi connectivity index (χ2v) is 7.75. The van der Waals surface area contributed by atoms with Gasteiger partial charge in [0.15, 0.2) is 0 Å². The van der Waals surface area contributed by atoms with Crippen molar-refractivity contribution in [1.29, 1.82) is 0 Å². The highest BCUT2D eigenvalue weighted by Gasteiger charge is 2.51. The average Bonchev–Trinajstić information content (AvgIpc) is 3.47. The number of carbonyl (C=O) groups excluding carboxylic acids is 2. The largest absolute Gasteiger partial charge is 0.394 e. The van der Waals surface area contributed by atoms with E-state index in [1.54, 1.807) is 0 Å². The maximum Gasteiger partial charge on any atom is 0.245 e. The van der Waals surface area contributed by atoms with Crippen molar-refractivity contribution in [3.63, 3.8) is 0 Å². The van der Waals surface area contributed by atoms with Crippen molar-refractivity contribution in [3.05, 3.63) is 69.3 Å². The lowest BCUT2D eigenvalue weighted by molar-refractivity contribution is -0.131. The van der Waals surface area contributed by atoms with Crippen LogP contribution >= 0.6 is 22.6 Å². The first-order valence-electron chi connectivity index (χ1n) is 8.55. The molecular formula is C20H21IN2O3. The lowest BCUT2D eigenvalue weighted by atomic mass is 9.94. The SMILES string of the molecule is O=C(NCc1cccc(I)c1)C(CO)NC(=O)C1(c2ccccc2)CC1. The molecule has 6 heteroatoms. The van der Waals surface area contributed by atoms with Crippen LogP contribution in [0.2, 0.25) is 0 Å². The van der Waals surface area contributed by atoms with Crippen molar-refractivity contribution in [2.24, 2.45) is 0 Å². The summed E-state index contributed by atoms with van der Waals surface area (Å²) in [4.78, 5) is 25.1. The van der Waals surface area contributed by atoms with E-state index < -0.39 is 18.1 Å². The summed E-state index contributed by atoms with van der Waals surface area (Å²) < 4.78 is 1.08. The molecule has 0 bridgehead atoms. The number of rotatable bonds is 7. The Kier molecular flexibility index (Phi) is 5.93. The molecule has 1 fully saturated rings. The van der Waals surface area contributed by atoms with Crippen LogP contribution in [0.15, 0.2) is 54.6 Å². The van der Waals surface area contributed by atoms with E-state index in [0.29, 0.717) is 6.54 Å².